The summed E-state index contributed by atoms with van der Waals surface area (Å²) < 4.78 is 57.7. The van der Waals surface area contributed by atoms with Gasteiger partial charge in [-0.05, 0) is 87.7 Å². The van der Waals surface area contributed by atoms with Gasteiger partial charge in [0.25, 0.3) is 15.9 Å². The highest BCUT2D eigenvalue weighted by Gasteiger charge is 2.31. The molecule has 2 aliphatic heterocycles. The predicted molar refractivity (Wildman–Crippen MR) is 195 cm³/mol. The Morgan fingerprint density at radius 2 is 1.73 bits per heavy atom. The Bertz CT molecular complexity index is 1810. The first-order valence-electron chi connectivity index (χ1n) is 17.3. The summed E-state index contributed by atoms with van der Waals surface area (Å²) in [6.07, 6.45) is 1.49. The lowest BCUT2D eigenvalue weighted by Gasteiger charge is -2.35. The fourth-order valence-electron chi connectivity index (χ4n) is 5.96. The van der Waals surface area contributed by atoms with Crippen molar-refractivity contribution >= 4 is 33.3 Å². The Morgan fingerprint density at radius 3 is 2.46 bits per heavy atom. The molecule has 282 valence electrons. The minimum Gasteiger partial charge on any atom is -0.497 e. The Kier molecular flexibility index (Phi) is 12.7. The summed E-state index contributed by atoms with van der Waals surface area (Å²) in [7, 11) is -0.845. The van der Waals surface area contributed by atoms with Crippen molar-refractivity contribution in [3.05, 3.63) is 66.2 Å². The molecule has 0 unspecified atom stereocenters. The number of anilines is 2. The van der Waals surface area contributed by atoms with Gasteiger partial charge in [0.2, 0.25) is 6.79 Å². The van der Waals surface area contributed by atoms with Crippen molar-refractivity contribution in [1.82, 2.24) is 9.80 Å². The zero-order chi connectivity index (χ0) is 37.4. The first-order chi connectivity index (χ1) is 24.9. The SMILES string of the molecule is COc1ccc(S(=O)(=O)Nc2ccc3c(c2)C(=O)N([C@H](C)CO)C[C@H](C)[C@@H](CN(C)C(=O)Nc2ccc4c(c2)OCO4)OCCCC[C@H](C)O3)cc1. The van der Waals surface area contributed by atoms with Crippen LogP contribution >= 0.6 is 0 Å². The van der Waals surface area contributed by atoms with Gasteiger partial charge in [-0.3, -0.25) is 9.52 Å². The van der Waals surface area contributed by atoms with Gasteiger partial charge in [-0.1, -0.05) is 6.92 Å². The lowest BCUT2D eigenvalue weighted by Crippen LogP contribution is -2.48. The zero-order valence-corrected chi connectivity index (χ0v) is 31.0. The molecule has 3 aromatic carbocycles. The average molecular weight is 741 g/mol. The number of carbonyl (C=O) groups excluding carboxylic acids is 2. The monoisotopic (exact) mass is 740 g/mol. The number of aliphatic hydroxyl groups excluding tert-OH is 1. The quantitative estimate of drug-likeness (QED) is 0.266. The number of sulfonamides is 1. The van der Waals surface area contributed by atoms with Gasteiger partial charge in [0.15, 0.2) is 11.5 Å². The Hall–Kier alpha value is -4.73. The number of likely N-dealkylation sites (N-methyl/N-ethyl adjacent to an activating group) is 1. The van der Waals surface area contributed by atoms with Crippen molar-refractivity contribution in [2.45, 2.75) is 63.2 Å². The molecule has 4 atom stereocenters. The molecule has 5 rings (SSSR count). The molecule has 15 heteroatoms. The van der Waals surface area contributed by atoms with Gasteiger partial charge in [-0.15, -0.1) is 0 Å². The number of urea groups is 1. The van der Waals surface area contributed by atoms with E-state index in [1.165, 1.54) is 35.1 Å². The molecular weight excluding hydrogens is 692 g/mol. The van der Waals surface area contributed by atoms with E-state index in [1.807, 2.05) is 13.8 Å². The summed E-state index contributed by atoms with van der Waals surface area (Å²) in [5.74, 6) is 1.23. The minimum absolute atomic E-state index is 0.0227. The van der Waals surface area contributed by atoms with Crippen LogP contribution in [-0.4, -0.2) is 101 Å². The van der Waals surface area contributed by atoms with Crippen LogP contribution in [0.2, 0.25) is 0 Å². The third-order valence-electron chi connectivity index (χ3n) is 9.10. The van der Waals surface area contributed by atoms with E-state index >= 15 is 0 Å². The van der Waals surface area contributed by atoms with Gasteiger partial charge in [0.1, 0.15) is 11.5 Å². The van der Waals surface area contributed by atoms with Crippen molar-refractivity contribution in [3.63, 3.8) is 0 Å². The second-order valence-electron chi connectivity index (χ2n) is 13.2. The molecule has 14 nitrogen and oxygen atoms in total. The number of amides is 3. The van der Waals surface area contributed by atoms with E-state index in [0.717, 1.165) is 12.8 Å². The van der Waals surface area contributed by atoms with E-state index in [4.69, 9.17) is 23.7 Å². The van der Waals surface area contributed by atoms with E-state index in [2.05, 4.69) is 10.0 Å². The van der Waals surface area contributed by atoms with Crippen molar-refractivity contribution in [1.29, 1.82) is 0 Å². The second kappa shape index (κ2) is 17.2. The summed E-state index contributed by atoms with van der Waals surface area (Å²) in [6.45, 7) is 6.21. The van der Waals surface area contributed by atoms with Gasteiger partial charge in [0.05, 0.1) is 42.4 Å². The highest BCUT2D eigenvalue weighted by Crippen LogP contribution is 2.34. The maximum absolute atomic E-state index is 14.4. The molecule has 0 saturated carbocycles. The Morgan fingerprint density at radius 1 is 1.02 bits per heavy atom. The van der Waals surface area contributed by atoms with Gasteiger partial charge < -0.3 is 43.9 Å². The number of nitrogens with one attached hydrogen (secondary N) is 2. The Balaban J connectivity index is 1.38. The van der Waals surface area contributed by atoms with Crippen LogP contribution in [0.3, 0.4) is 0 Å². The van der Waals surface area contributed by atoms with Gasteiger partial charge >= 0.3 is 6.03 Å². The maximum Gasteiger partial charge on any atom is 0.321 e. The van der Waals surface area contributed by atoms with Crippen LogP contribution in [0.1, 0.15) is 50.4 Å². The van der Waals surface area contributed by atoms with Gasteiger partial charge in [-0.25, -0.2) is 13.2 Å². The van der Waals surface area contributed by atoms with E-state index in [0.29, 0.717) is 41.7 Å². The molecule has 3 N–H and O–H groups in total. The Labute approximate surface area is 305 Å². The number of hydrogen-bond acceptors (Lipinski definition) is 10. The summed E-state index contributed by atoms with van der Waals surface area (Å²) in [6, 6.07) is 14.8. The van der Waals surface area contributed by atoms with Gasteiger partial charge in [0, 0.05) is 50.1 Å². The fraction of sp³-hybridized carbons (Fsp3) is 0.459. The first kappa shape index (κ1) is 38.5. The molecular formula is C37H48N4O10S. The smallest absolute Gasteiger partial charge is 0.321 e. The molecule has 2 aliphatic rings. The third kappa shape index (κ3) is 9.57. The van der Waals surface area contributed by atoms with Crippen molar-refractivity contribution in [2.24, 2.45) is 5.92 Å². The molecule has 0 aromatic heterocycles. The number of hydrogen-bond donors (Lipinski definition) is 3. The first-order valence-corrected chi connectivity index (χ1v) is 18.8. The zero-order valence-electron chi connectivity index (χ0n) is 30.2. The standard InChI is InChI=1S/C37H48N4O10S/c1-24-20-41(25(2)22-42)36(43)31-18-28(39-52(45,46)30-13-11-29(47-5)12-14-30)10-15-32(31)51-26(3)8-6-7-17-48-35(24)21-40(4)37(44)38-27-9-16-33-34(19-27)50-23-49-33/h9-16,18-19,24-26,35,39,42H,6-8,17,20-23H2,1-5H3,(H,38,44)/t24-,25+,26-,35+/m0/s1. The van der Waals surface area contributed by atoms with Crippen LogP contribution in [0, 0.1) is 5.92 Å². The van der Waals surface area contributed by atoms with Gasteiger partial charge in [-0.2, -0.15) is 0 Å². The lowest BCUT2D eigenvalue weighted by atomic mass is 10.0. The molecule has 3 amide bonds. The molecule has 0 saturated heterocycles. The number of rotatable bonds is 9. The topological polar surface area (TPSA) is 165 Å². The van der Waals surface area contributed by atoms with Crippen molar-refractivity contribution in [2.75, 3.05) is 57.3 Å². The summed E-state index contributed by atoms with van der Waals surface area (Å²) in [5, 5.41) is 13.2. The number of aliphatic hydroxyl groups is 1. The van der Waals surface area contributed by atoms with Crippen LogP contribution in [0.25, 0.3) is 0 Å². The van der Waals surface area contributed by atoms with Crippen LogP contribution < -0.4 is 29.0 Å². The summed E-state index contributed by atoms with van der Waals surface area (Å²) >= 11 is 0. The van der Waals surface area contributed by atoms with E-state index < -0.39 is 28.1 Å². The number of ether oxygens (including phenoxy) is 5. The van der Waals surface area contributed by atoms with Crippen LogP contribution in [0.4, 0.5) is 16.2 Å². The summed E-state index contributed by atoms with van der Waals surface area (Å²) in [4.78, 5) is 30.8. The second-order valence-corrected chi connectivity index (χ2v) is 14.9. The summed E-state index contributed by atoms with van der Waals surface area (Å²) in [5.41, 5.74) is 0.862. The number of carbonyl (C=O) groups is 2. The molecule has 0 bridgehead atoms. The van der Waals surface area contributed by atoms with E-state index in [-0.39, 0.29) is 60.7 Å². The fourth-order valence-corrected chi connectivity index (χ4v) is 7.01. The van der Waals surface area contributed by atoms with Crippen molar-refractivity contribution < 1.29 is 46.8 Å². The maximum atomic E-state index is 14.4. The molecule has 0 spiro atoms. The normalized spacial score (nSPS) is 20.2. The van der Waals surface area contributed by atoms with Crippen LogP contribution in [0.15, 0.2) is 65.6 Å². The number of fused-ring (bicyclic) bond motifs is 2. The van der Waals surface area contributed by atoms with Crippen LogP contribution in [0.5, 0.6) is 23.0 Å². The molecule has 52 heavy (non-hydrogen) atoms. The van der Waals surface area contributed by atoms with Crippen LogP contribution in [-0.2, 0) is 14.8 Å². The van der Waals surface area contributed by atoms with E-state index in [1.54, 1.807) is 56.4 Å². The van der Waals surface area contributed by atoms with Crippen molar-refractivity contribution in [3.8, 4) is 23.0 Å². The molecule has 0 fully saturated rings. The largest absolute Gasteiger partial charge is 0.497 e. The molecule has 3 aromatic rings. The average Bonchev–Trinajstić information content (AvgIpc) is 3.60. The molecule has 2 heterocycles. The third-order valence-corrected chi connectivity index (χ3v) is 10.5. The number of nitrogens with zero attached hydrogens (tertiary/aromatic N) is 2. The number of benzene rings is 3. The predicted octanol–water partition coefficient (Wildman–Crippen LogP) is 5.18. The molecule has 0 aliphatic carbocycles. The highest BCUT2D eigenvalue weighted by molar-refractivity contribution is 7.92. The van der Waals surface area contributed by atoms with E-state index in [9.17, 15) is 23.1 Å². The minimum atomic E-state index is -4.01. The lowest BCUT2D eigenvalue weighted by molar-refractivity contribution is -0.0115. The molecule has 0 radical (unpaired) electrons. The number of methoxy groups -OCH3 is 1. The highest BCUT2D eigenvalue weighted by atomic mass is 32.2.